The smallest absolute Gasteiger partial charge is 0.227 e. The Bertz CT molecular complexity index is 1070. The van der Waals surface area contributed by atoms with Crippen LogP contribution in [0.1, 0.15) is 11.7 Å². The van der Waals surface area contributed by atoms with Gasteiger partial charge in [0, 0.05) is 30.6 Å². The first-order valence-electron chi connectivity index (χ1n) is 8.25. The summed E-state index contributed by atoms with van der Waals surface area (Å²) < 4.78 is 1.71. The molecule has 1 N–H and O–H groups in total. The second kappa shape index (κ2) is 6.29. The van der Waals surface area contributed by atoms with E-state index in [0.717, 1.165) is 33.3 Å². The van der Waals surface area contributed by atoms with Crippen LogP contribution >= 0.6 is 0 Å². The Morgan fingerprint density at radius 3 is 2.40 bits per heavy atom. The molecule has 0 saturated carbocycles. The van der Waals surface area contributed by atoms with E-state index in [4.69, 9.17) is 0 Å². The molecule has 0 unspecified atom stereocenters. The van der Waals surface area contributed by atoms with Gasteiger partial charge in [0.15, 0.2) is 0 Å². The van der Waals surface area contributed by atoms with E-state index in [1.54, 1.807) is 11.5 Å². The van der Waals surface area contributed by atoms with Gasteiger partial charge < -0.3 is 4.98 Å². The van der Waals surface area contributed by atoms with E-state index >= 15 is 0 Å². The van der Waals surface area contributed by atoms with Gasteiger partial charge in [-0.15, -0.1) is 0 Å². The second-order valence-electron chi connectivity index (χ2n) is 6.03. The number of carbonyl (C=O) groups is 1. The zero-order valence-corrected chi connectivity index (χ0v) is 13.9. The first-order valence-corrected chi connectivity index (χ1v) is 8.25. The van der Waals surface area contributed by atoms with Gasteiger partial charge in [-0.3, -0.25) is 9.36 Å². The van der Waals surface area contributed by atoms with Gasteiger partial charge >= 0.3 is 0 Å². The standard InChI is InChI=1S/C22H18N2O/c1-16(25)24-15-20-13-21(17-7-3-2-4-8-17)23-14-19(20)12-11-18-9-5-6-10-22(18)24/h2-15,23H,1H3. The van der Waals surface area contributed by atoms with Crippen molar-refractivity contribution >= 4 is 16.8 Å². The van der Waals surface area contributed by atoms with Crippen molar-refractivity contribution in [2.45, 2.75) is 6.92 Å². The van der Waals surface area contributed by atoms with Gasteiger partial charge in [-0.05, 0) is 28.6 Å². The number of nitrogens with zero attached hydrogens (tertiary/aromatic N) is 1. The molecule has 25 heavy (non-hydrogen) atoms. The monoisotopic (exact) mass is 326 g/mol. The lowest BCUT2D eigenvalue weighted by Gasteiger charge is -2.12. The summed E-state index contributed by atoms with van der Waals surface area (Å²) in [5.41, 5.74) is 5.06. The molecule has 0 atom stereocenters. The number of fused-ring (bicyclic) bond motifs is 2. The van der Waals surface area contributed by atoms with Crippen molar-refractivity contribution in [3.05, 3.63) is 85.2 Å². The summed E-state index contributed by atoms with van der Waals surface area (Å²) in [5, 5.41) is 1.02. The number of aromatic amines is 1. The average molecular weight is 326 g/mol. The molecule has 122 valence electrons. The van der Waals surface area contributed by atoms with Gasteiger partial charge in [0.05, 0.1) is 5.52 Å². The van der Waals surface area contributed by atoms with E-state index in [1.165, 1.54) is 0 Å². The van der Waals surface area contributed by atoms with Crippen LogP contribution in [0.2, 0.25) is 0 Å². The SMILES string of the molecule is CC(=O)n1cc2cc(-c3ccccc3)[nH]cc-2ccc2ccccc21. The lowest BCUT2D eigenvalue weighted by atomic mass is 10.0. The van der Waals surface area contributed by atoms with E-state index in [1.807, 2.05) is 60.9 Å². The van der Waals surface area contributed by atoms with Crippen LogP contribution in [-0.4, -0.2) is 15.5 Å². The number of hydrogen-bond donors (Lipinski definition) is 1. The zero-order valence-electron chi connectivity index (χ0n) is 13.9. The van der Waals surface area contributed by atoms with E-state index in [0.29, 0.717) is 0 Å². The molecule has 2 aliphatic heterocycles. The van der Waals surface area contributed by atoms with E-state index < -0.39 is 0 Å². The molecule has 0 spiro atoms. The van der Waals surface area contributed by atoms with Crippen LogP contribution in [0.3, 0.4) is 0 Å². The maximum Gasteiger partial charge on any atom is 0.227 e. The van der Waals surface area contributed by atoms with E-state index in [-0.39, 0.29) is 5.91 Å². The second-order valence-corrected chi connectivity index (χ2v) is 6.03. The molecule has 3 heteroatoms. The molecular formula is C22H18N2O. The fourth-order valence-corrected chi connectivity index (χ4v) is 3.06. The maximum absolute atomic E-state index is 12.3. The third-order valence-corrected chi connectivity index (χ3v) is 4.35. The van der Waals surface area contributed by atoms with Crippen LogP contribution in [0.4, 0.5) is 0 Å². The van der Waals surface area contributed by atoms with Crippen LogP contribution in [-0.2, 0) is 0 Å². The predicted molar refractivity (Wildman–Crippen MR) is 102 cm³/mol. The minimum Gasteiger partial charge on any atom is -0.361 e. The highest BCUT2D eigenvalue weighted by Gasteiger charge is 2.07. The number of carbonyl (C=O) groups excluding carboxylic acids is 1. The van der Waals surface area contributed by atoms with Crippen molar-refractivity contribution in [3.63, 3.8) is 0 Å². The van der Waals surface area contributed by atoms with Crippen molar-refractivity contribution in [1.82, 2.24) is 9.55 Å². The Labute approximate surface area is 146 Å². The first kappa shape index (κ1) is 15.2. The largest absolute Gasteiger partial charge is 0.361 e. The Kier molecular flexibility index (Phi) is 3.82. The molecule has 0 radical (unpaired) electrons. The number of pyridine rings is 1. The summed E-state index contributed by atoms with van der Waals surface area (Å²) in [4.78, 5) is 15.6. The number of nitrogens with one attached hydrogen (secondary N) is 1. The lowest BCUT2D eigenvalue weighted by molar-refractivity contribution is 0.0941. The Morgan fingerprint density at radius 1 is 0.840 bits per heavy atom. The molecule has 0 aliphatic carbocycles. The number of rotatable bonds is 1. The highest BCUT2D eigenvalue weighted by atomic mass is 16.1. The molecule has 2 heterocycles. The fourth-order valence-electron chi connectivity index (χ4n) is 3.06. The number of H-pyrrole nitrogens is 1. The normalized spacial score (nSPS) is 10.8. The highest BCUT2D eigenvalue weighted by Crippen LogP contribution is 2.26. The summed E-state index contributed by atoms with van der Waals surface area (Å²) in [6, 6.07) is 24.3. The van der Waals surface area contributed by atoms with Gasteiger partial charge in [-0.25, -0.2) is 0 Å². The van der Waals surface area contributed by atoms with Crippen LogP contribution in [0.5, 0.6) is 0 Å². The van der Waals surface area contributed by atoms with Crippen LogP contribution in [0.25, 0.3) is 33.3 Å². The summed E-state index contributed by atoms with van der Waals surface area (Å²) in [7, 11) is 0. The molecular weight excluding hydrogens is 308 g/mol. The third kappa shape index (κ3) is 2.92. The van der Waals surface area contributed by atoms with Gasteiger partial charge in [0.2, 0.25) is 5.91 Å². The Hall–Kier alpha value is -3.33. The molecule has 0 fully saturated rings. The minimum absolute atomic E-state index is 0.0113. The predicted octanol–water partition coefficient (Wildman–Crippen LogP) is 5.53. The molecule has 2 aromatic rings. The van der Waals surface area contributed by atoms with Crippen molar-refractivity contribution in [1.29, 1.82) is 0 Å². The van der Waals surface area contributed by atoms with E-state index in [9.17, 15) is 4.79 Å². The molecule has 4 rings (SSSR count). The summed E-state index contributed by atoms with van der Waals surface area (Å²) in [6.07, 6.45) is 3.90. The minimum atomic E-state index is -0.0113. The number of para-hydroxylation sites is 1. The molecule has 2 aromatic carbocycles. The molecule has 0 aromatic heterocycles. The Balaban J connectivity index is 2.04. The molecule has 3 nitrogen and oxygen atoms in total. The molecule has 0 bridgehead atoms. The quantitative estimate of drug-likeness (QED) is 0.491. The first-order chi connectivity index (χ1) is 12.2. The van der Waals surface area contributed by atoms with Gasteiger partial charge in [-0.2, -0.15) is 0 Å². The van der Waals surface area contributed by atoms with Crippen molar-refractivity contribution in [2.24, 2.45) is 0 Å². The third-order valence-electron chi connectivity index (χ3n) is 4.35. The average Bonchev–Trinajstić information content (AvgIpc) is 2.64. The Morgan fingerprint density at radius 2 is 1.60 bits per heavy atom. The summed E-state index contributed by atoms with van der Waals surface area (Å²) in [6.45, 7) is 1.59. The topological polar surface area (TPSA) is 37.8 Å². The summed E-state index contributed by atoms with van der Waals surface area (Å²) >= 11 is 0. The zero-order chi connectivity index (χ0) is 17.2. The van der Waals surface area contributed by atoms with Crippen LogP contribution < -0.4 is 0 Å². The highest BCUT2D eigenvalue weighted by molar-refractivity contribution is 5.90. The molecule has 2 aliphatic rings. The van der Waals surface area contributed by atoms with Crippen LogP contribution in [0, 0.1) is 0 Å². The summed E-state index contributed by atoms with van der Waals surface area (Å²) in [5.74, 6) is -0.0113. The van der Waals surface area contributed by atoms with Gasteiger partial charge in [0.25, 0.3) is 0 Å². The molecule has 0 saturated heterocycles. The van der Waals surface area contributed by atoms with Crippen molar-refractivity contribution < 1.29 is 4.79 Å². The number of hydrogen-bond acceptors (Lipinski definition) is 1. The lowest BCUT2D eigenvalue weighted by Crippen LogP contribution is -2.06. The van der Waals surface area contributed by atoms with E-state index in [2.05, 4.69) is 29.2 Å². The van der Waals surface area contributed by atoms with Crippen molar-refractivity contribution in [2.75, 3.05) is 0 Å². The number of aromatic nitrogens is 2. The fraction of sp³-hybridized carbons (Fsp3) is 0.0455. The van der Waals surface area contributed by atoms with Gasteiger partial charge in [0.1, 0.15) is 0 Å². The van der Waals surface area contributed by atoms with Crippen LogP contribution in [0.15, 0.2) is 85.2 Å². The van der Waals surface area contributed by atoms with Gasteiger partial charge in [-0.1, -0.05) is 60.7 Å². The maximum atomic E-state index is 12.3. The number of benzene rings is 2. The molecule has 0 amide bonds. The van der Waals surface area contributed by atoms with Crippen molar-refractivity contribution in [3.8, 4) is 22.4 Å².